The van der Waals surface area contributed by atoms with Crippen LogP contribution in [0.2, 0.25) is 0 Å². The van der Waals surface area contributed by atoms with E-state index in [4.69, 9.17) is 0 Å². The highest BCUT2D eigenvalue weighted by molar-refractivity contribution is 5.39. The molecule has 1 N–H and O–H groups in total. The second-order valence-corrected chi connectivity index (χ2v) is 5.59. The molecule has 1 fully saturated rings. The fourth-order valence-corrected chi connectivity index (χ4v) is 2.36. The predicted molar refractivity (Wildman–Crippen MR) is 74.6 cm³/mol. The maximum Gasteiger partial charge on any atom is 0.151 e. The van der Waals surface area contributed by atoms with Crippen LogP contribution in [0.1, 0.15) is 39.3 Å². The van der Waals surface area contributed by atoms with Crippen molar-refractivity contribution < 1.29 is 0 Å². The second kappa shape index (κ2) is 6.14. The highest BCUT2D eigenvalue weighted by Gasteiger charge is 2.21. The third-order valence-corrected chi connectivity index (χ3v) is 3.41. The van der Waals surface area contributed by atoms with Gasteiger partial charge in [-0.05, 0) is 44.4 Å². The van der Waals surface area contributed by atoms with Crippen LogP contribution < -0.4 is 10.2 Å². The first-order valence-electron chi connectivity index (χ1n) is 6.97. The molecule has 1 aromatic rings. The Morgan fingerprint density at radius 1 is 1.39 bits per heavy atom. The molecule has 100 valence electrons. The molecule has 0 radical (unpaired) electrons. The Hall–Kier alpha value is -1.16. The molecule has 1 atom stereocenters. The van der Waals surface area contributed by atoms with E-state index < -0.39 is 0 Å². The average Bonchev–Trinajstić information content (AvgIpc) is 2.76. The zero-order chi connectivity index (χ0) is 13.0. The van der Waals surface area contributed by atoms with Gasteiger partial charge >= 0.3 is 0 Å². The summed E-state index contributed by atoms with van der Waals surface area (Å²) in [5.74, 6) is 1.69. The fraction of sp³-hybridized carbons (Fsp3) is 0.714. The van der Waals surface area contributed by atoms with E-state index in [-0.39, 0.29) is 0 Å². The molecule has 0 saturated carbocycles. The number of aromatic nitrogens is 2. The van der Waals surface area contributed by atoms with Crippen molar-refractivity contribution in [2.75, 3.05) is 18.0 Å². The summed E-state index contributed by atoms with van der Waals surface area (Å²) in [5, 5.41) is 12.0. The lowest BCUT2D eigenvalue weighted by Crippen LogP contribution is -2.27. The number of hydrogen-bond acceptors (Lipinski definition) is 4. The summed E-state index contributed by atoms with van der Waals surface area (Å²) in [6.45, 7) is 9.61. The van der Waals surface area contributed by atoms with Crippen molar-refractivity contribution in [2.45, 2.75) is 46.2 Å². The Morgan fingerprint density at radius 2 is 2.22 bits per heavy atom. The lowest BCUT2D eigenvalue weighted by atomic mass is 10.2. The third kappa shape index (κ3) is 3.42. The minimum absolute atomic E-state index is 0.601. The normalized spacial score (nSPS) is 19.8. The molecule has 0 aromatic carbocycles. The van der Waals surface area contributed by atoms with Crippen LogP contribution >= 0.6 is 0 Å². The molecule has 0 amide bonds. The first kappa shape index (κ1) is 13.3. The van der Waals surface area contributed by atoms with Crippen LogP contribution in [0.15, 0.2) is 12.1 Å². The van der Waals surface area contributed by atoms with Crippen LogP contribution in [0.4, 0.5) is 5.82 Å². The Morgan fingerprint density at radius 3 is 2.78 bits per heavy atom. The SMILES string of the molecule is CC(C)CNCc1ccc(N2CCCC2C)nn1. The quantitative estimate of drug-likeness (QED) is 0.867. The van der Waals surface area contributed by atoms with E-state index in [0.717, 1.165) is 31.1 Å². The summed E-state index contributed by atoms with van der Waals surface area (Å²) in [6.07, 6.45) is 2.53. The van der Waals surface area contributed by atoms with Gasteiger partial charge in [-0.3, -0.25) is 0 Å². The van der Waals surface area contributed by atoms with Gasteiger partial charge in [-0.25, -0.2) is 0 Å². The van der Waals surface area contributed by atoms with Crippen molar-refractivity contribution in [3.05, 3.63) is 17.8 Å². The zero-order valence-corrected chi connectivity index (χ0v) is 11.7. The predicted octanol–water partition coefficient (Wildman–Crippen LogP) is 2.21. The minimum Gasteiger partial charge on any atom is -0.352 e. The summed E-state index contributed by atoms with van der Waals surface area (Å²) < 4.78 is 0. The lowest BCUT2D eigenvalue weighted by Gasteiger charge is -2.21. The lowest BCUT2D eigenvalue weighted by molar-refractivity contribution is 0.546. The van der Waals surface area contributed by atoms with Crippen molar-refractivity contribution in [3.8, 4) is 0 Å². The topological polar surface area (TPSA) is 41.0 Å². The van der Waals surface area contributed by atoms with Gasteiger partial charge in [0.2, 0.25) is 0 Å². The van der Waals surface area contributed by atoms with E-state index in [2.05, 4.69) is 53.3 Å². The van der Waals surface area contributed by atoms with Gasteiger partial charge in [0.15, 0.2) is 5.82 Å². The molecule has 0 spiro atoms. The van der Waals surface area contributed by atoms with Crippen LogP contribution in [0.5, 0.6) is 0 Å². The monoisotopic (exact) mass is 248 g/mol. The zero-order valence-electron chi connectivity index (χ0n) is 11.7. The van der Waals surface area contributed by atoms with E-state index in [1.54, 1.807) is 0 Å². The molecule has 0 bridgehead atoms. The Balaban J connectivity index is 1.89. The second-order valence-electron chi connectivity index (χ2n) is 5.59. The molecule has 1 unspecified atom stereocenters. The van der Waals surface area contributed by atoms with Crippen LogP contribution in [-0.2, 0) is 6.54 Å². The van der Waals surface area contributed by atoms with Crippen molar-refractivity contribution in [1.82, 2.24) is 15.5 Å². The van der Waals surface area contributed by atoms with Gasteiger partial charge in [0.25, 0.3) is 0 Å². The standard InChI is InChI=1S/C14H24N4/c1-11(2)9-15-10-13-6-7-14(17-16-13)18-8-4-5-12(18)3/h6-7,11-12,15H,4-5,8-10H2,1-3H3. The Kier molecular flexibility index (Phi) is 4.53. The largest absolute Gasteiger partial charge is 0.352 e. The minimum atomic E-state index is 0.601. The molecule has 4 heteroatoms. The highest BCUT2D eigenvalue weighted by Crippen LogP contribution is 2.22. The number of hydrogen-bond donors (Lipinski definition) is 1. The summed E-state index contributed by atoms with van der Waals surface area (Å²) in [5.41, 5.74) is 1.02. The molecule has 1 aromatic heterocycles. The van der Waals surface area contributed by atoms with Gasteiger partial charge in [0.05, 0.1) is 5.69 Å². The van der Waals surface area contributed by atoms with Crippen LogP contribution in [0.3, 0.4) is 0 Å². The van der Waals surface area contributed by atoms with Crippen molar-refractivity contribution in [1.29, 1.82) is 0 Å². The third-order valence-electron chi connectivity index (χ3n) is 3.41. The first-order valence-corrected chi connectivity index (χ1v) is 6.97. The fourth-order valence-electron chi connectivity index (χ4n) is 2.36. The first-order chi connectivity index (χ1) is 8.66. The van der Waals surface area contributed by atoms with Gasteiger partial charge < -0.3 is 10.2 Å². The molecule has 18 heavy (non-hydrogen) atoms. The Bertz CT molecular complexity index is 361. The molecule has 1 aliphatic heterocycles. The summed E-state index contributed by atoms with van der Waals surface area (Å²) in [6, 6.07) is 4.78. The molecule has 1 saturated heterocycles. The molecule has 2 heterocycles. The van der Waals surface area contributed by atoms with Gasteiger partial charge in [-0.1, -0.05) is 13.8 Å². The highest BCUT2D eigenvalue weighted by atomic mass is 15.3. The molecule has 0 aliphatic carbocycles. The summed E-state index contributed by atoms with van der Waals surface area (Å²) >= 11 is 0. The van der Waals surface area contributed by atoms with Crippen molar-refractivity contribution >= 4 is 5.82 Å². The van der Waals surface area contributed by atoms with E-state index in [1.807, 2.05) is 0 Å². The molecule has 4 nitrogen and oxygen atoms in total. The smallest absolute Gasteiger partial charge is 0.151 e. The number of nitrogens with zero attached hydrogens (tertiary/aromatic N) is 3. The molecule has 2 rings (SSSR count). The number of anilines is 1. The van der Waals surface area contributed by atoms with E-state index in [9.17, 15) is 0 Å². The van der Waals surface area contributed by atoms with Crippen LogP contribution in [0.25, 0.3) is 0 Å². The van der Waals surface area contributed by atoms with Crippen LogP contribution in [-0.4, -0.2) is 29.3 Å². The maximum atomic E-state index is 4.34. The summed E-state index contributed by atoms with van der Waals surface area (Å²) in [4.78, 5) is 2.35. The van der Waals surface area contributed by atoms with E-state index in [1.165, 1.54) is 12.8 Å². The number of nitrogens with one attached hydrogen (secondary N) is 1. The average molecular weight is 248 g/mol. The van der Waals surface area contributed by atoms with Gasteiger partial charge in [-0.15, -0.1) is 5.10 Å². The van der Waals surface area contributed by atoms with Crippen molar-refractivity contribution in [2.24, 2.45) is 5.92 Å². The van der Waals surface area contributed by atoms with Crippen LogP contribution in [0, 0.1) is 5.92 Å². The Labute approximate surface area is 110 Å². The van der Waals surface area contributed by atoms with Gasteiger partial charge in [-0.2, -0.15) is 5.10 Å². The van der Waals surface area contributed by atoms with E-state index >= 15 is 0 Å². The maximum absolute atomic E-state index is 4.34. The molecule has 1 aliphatic rings. The van der Waals surface area contributed by atoms with Gasteiger partial charge in [0.1, 0.15) is 0 Å². The van der Waals surface area contributed by atoms with E-state index in [0.29, 0.717) is 12.0 Å². The van der Waals surface area contributed by atoms with Gasteiger partial charge in [0, 0.05) is 19.1 Å². The number of rotatable bonds is 5. The molecular weight excluding hydrogens is 224 g/mol. The summed E-state index contributed by atoms with van der Waals surface area (Å²) in [7, 11) is 0. The molecular formula is C14H24N4. The van der Waals surface area contributed by atoms with Crippen molar-refractivity contribution in [3.63, 3.8) is 0 Å².